The molecule has 2 aromatic rings. The van der Waals surface area contributed by atoms with Gasteiger partial charge in [0.05, 0.1) is 11.4 Å². The van der Waals surface area contributed by atoms with Gasteiger partial charge in [-0.2, -0.15) is 0 Å². The second-order valence-corrected chi connectivity index (χ2v) is 8.25. The quantitative estimate of drug-likeness (QED) is 0.553. The van der Waals surface area contributed by atoms with Gasteiger partial charge >= 0.3 is 0 Å². The van der Waals surface area contributed by atoms with Gasteiger partial charge < -0.3 is 10.6 Å². The first-order valence-electron chi connectivity index (χ1n) is 9.62. The van der Waals surface area contributed by atoms with Crippen LogP contribution in [0.4, 0.5) is 5.69 Å². The fourth-order valence-corrected chi connectivity index (χ4v) is 3.77. The zero-order valence-electron chi connectivity index (χ0n) is 16.7. The largest absolute Gasteiger partial charge is 0.355 e. The maximum atomic E-state index is 12.7. The SMILES string of the molecule is CCCCc1ccc(NS(=O)(=O)c2cccc(C(=O)NCC(=O)NCC)c2)cc1. The van der Waals surface area contributed by atoms with Gasteiger partial charge in [0.15, 0.2) is 0 Å². The average molecular weight is 418 g/mol. The van der Waals surface area contributed by atoms with E-state index in [1.54, 1.807) is 19.1 Å². The first-order valence-corrected chi connectivity index (χ1v) is 11.1. The van der Waals surface area contributed by atoms with E-state index >= 15 is 0 Å². The first kappa shape index (κ1) is 22.4. The molecule has 0 spiro atoms. The molecule has 8 heteroatoms. The van der Waals surface area contributed by atoms with Crippen LogP contribution in [0, 0.1) is 0 Å². The van der Waals surface area contributed by atoms with Crippen molar-refractivity contribution in [3.05, 3.63) is 59.7 Å². The monoisotopic (exact) mass is 417 g/mol. The zero-order valence-corrected chi connectivity index (χ0v) is 17.5. The fraction of sp³-hybridized carbons (Fsp3) is 0.333. The van der Waals surface area contributed by atoms with Gasteiger partial charge in [0.25, 0.3) is 15.9 Å². The molecule has 0 atom stereocenters. The summed E-state index contributed by atoms with van der Waals surface area (Å²) < 4.78 is 27.9. The number of aryl methyl sites for hydroxylation is 1. The van der Waals surface area contributed by atoms with Crippen molar-refractivity contribution in [1.82, 2.24) is 10.6 Å². The Kier molecular flexibility index (Phi) is 8.21. The van der Waals surface area contributed by atoms with E-state index in [4.69, 9.17) is 0 Å². The lowest BCUT2D eigenvalue weighted by Gasteiger charge is -2.10. The summed E-state index contributed by atoms with van der Waals surface area (Å²) in [6, 6.07) is 12.9. The molecule has 0 bridgehead atoms. The van der Waals surface area contributed by atoms with Crippen molar-refractivity contribution >= 4 is 27.5 Å². The Morgan fingerprint density at radius 3 is 2.34 bits per heavy atom. The van der Waals surface area contributed by atoms with Crippen molar-refractivity contribution in [1.29, 1.82) is 0 Å². The molecule has 2 aromatic carbocycles. The van der Waals surface area contributed by atoms with Crippen LogP contribution < -0.4 is 15.4 Å². The summed E-state index contributed by atoms with van der Waals surface area (Å²) in [6.45, 7) is 4.19. The van der Waals surface area contributed by atoms with Crippen LogP contribution in [0.1, 0.15) is 42.6 Å². The van der Waals surface area contributed by atoms with E-state index in [2.05, 4.69) is 22.3 Å². The number of unbranched alkanes of at least 4 members (excludes halogenated alkanes) is 1. The van der Waals surface area contributed by atoms with Crippen LogP contribution >= 0.6 is 0 Å². The number of carbonyl (C=O) groups excluding carboxylic acids is 2. The van der Waals surface area contributed by atoms with Crippen LogP contribution in [0.25, 0.3) is 0 Å². The molecule has 0 aliphatic carbocycles. The van der Waals surface area contributed by atoms with E-state index in [9.17, 15) is 18.0 Å². The number of sulfonamides is 1. The minimum absolute atomic E-state index is 0.0294. The number of rotatable bonds is 10. The van der Waals surface area contributed by atoms with Crippen molar-refractivity contribution in [2.75, 3.05) is 17.8 Å². The molecule has 0 aliphatic heterocycles. The average Bonchev–Trinajstić information content (AvgIpc) is 2.71. The van der Waals surface area contributed by atoms with Gasteiger partial charge in [0.1, 0.15) is 0 Å². The molecular formula is C21H27N3O4S. The summed E-state index contributed by atoms with van der Waals surface area (Å²) in [4.78, 5) is 23.6. The Labute approximate surface area is 172 Å². The number of hydrogen-bond acceptors (Lipinski definition) is 4. The van der Waals surface area contributed by atoms with Crippen LogP contribution in [-0.2, 0) is 21.2 Å². The summed E-state index contributed by atoms with van der Waals surface area (Å²) in [5.74, 6) is -0.831. The minimum Gasteiger partial charge on any atom is -0.355 e. The molecule has 0 aromatic heterocycles. The fourth-order valence-electron chi connectivity index (χ4n) is 2.66. The van der Waals surface area contributed by atoms with E-state index in [-0.39, 0.29) is 22.9 Å². The van der Waals surface area contributed by atoms with Gasteiger partial charge in [-0.1, -0.05) is 31.5 Å². The molecule has 2 amide bonds. The van der Waals surface area contributed by atoms with Crippen LogP contribution in [0.2, 0.25) is 0 Å². The molecule has 0 radical (unpaired) electrons. The molecule has 0 saturated carbocycles. The summed E-state index contributed by atoms with van der Waals surface area (Å²) in [7, 11) is -3.85. The molecule has 7 nitrogen and oxygen atoms in total. The number of amides is 2. The number of anilines is 1. The molecule has 29 heavy (non-hydrogen) atoms. The summed E-state index contributed by atoms with van der Waals surface area (Å²) in [5, 5.41) is 5.04. The second-order valence-electron chi connectivity index (χ2n) is 6.57. The van der Waals surface area contributed by atoms with Crippen LogP contribution in [0.15, 0.2) is 53.4 Å². The molecule has 0 saturated heterocycles. The smallest absolute Gasteiger partial charge is 0.261 e. The third kappa shape index (κ3) is 6.90. The molecule has 156 valence electrons. The first-order chi connectivity index (χ1) is 13.9. The lowest BCUT2D eigenvalue weighted by atomic mass is 10.1. The Morgan fingerprint density at radius 1 is 0.966 bits per heavy atom. The second kappa shape index (κ2) is 10.6. The number of hydrogen-bond donors (Lipinski definition) is 3. The molecule has 0 fully saturated rings. The molecule has 0 heterocycles. The Morgan fingerprint density at radius 2 is 1.69 bits per heavy atom. The lowest BCUT2D eigenvalue weighted by Crippen LogP contribution is -2.36. The van der Waals surface area contributed by atoms with Gasteiger partial charge in [-0.05, 0) is 55.7 Å². The normalized spacial score (nSPS) is 11.0. The highest BCUT2D eigenvalue weighted by molar-refractivity contribution is 7.92. The van der Waals surface area contributed by atoms with Crippen molar-refractivity contribution < 1.29 is 18.0 Å². The van der Waals surface area contributed by atoms with E-state index < -0.39 is 15.9 Å². The van der Waals surface area contributed by atoms with E-state index in [0.29, 0.717) is 12.2 Å². The topological polar surface area (TPSA) is 104 Å². The predicted molar refractivity (Wildman–Crippen MR) is 113 cm³/mol. The molecule has 0 aliphatic rings. The van der Waals surface area contributed by atoms with Gasteiger partial charge in [0, 0.05) is 17.8 Å². The standard InChI is InChI=1S/C21H27N3O4S/c1-3-5-7-16-10-12-18(13-11-16)24-29(27,28)19-9-6-8-17(14-19)21(26)23-15-20(25)22-4-2/h6,8-14,24H,3-5,7,15H2,1-2H3,(H,22,25)(H,23,26). The predicted octanol–water partition coefficient (Wildman–Crippen LogP) is 2.70. The van der Waals surface area contributed by atoms with E-state index in [1.807, 2.05) is 12.1 Å². The molecule has 2 rings (SSSR count). The maximum absolute atomic E-state index is 12.7. The van der Waals surface area contributed by atoms with E-state index in [0.717, 1.165) is 24.8 Å². The van der Waals surface area contributed by atoms with Crippen molar-refractivity contribution in [3.63, 3.8) is 0 Å². The minimum atomic E-state index is -3.85. The lowest BCUT2D eigenvalue weighted by molar-refractivity contribution is -0.120. The van der Waals surface area contributed by atoms with Crippen molar-refractivity contribution in [3.8, 4) is 0 Å². The molecule has 0 unspecified atom stereocenters. The van der Waals surface area contributed by atoms with Crippen molar-refractivity contribution in [2.45, 2.75) is 38.0 Å². The zero-order chi connectivity index (χ0) is 21.3. The van der Waals surface area contributed by atoms with Gasteiger partial charge in [0.2, 0.25) is 5.91 Å². The highest BCUT2D eigenvalue weighted by Crippen LogP contribution is 2.18. The van der Waals surface area contributed by atoms with E-state index in [1.165, 1.54) is 24.3 Å². The number of likely N-dealkylation sites (N-methyl/N-ethyl adjacent to an activating group) is 1. The van der Waals surface area contributed by atoms with Gasteiger partial charge in [-0.25, -0.2) is 8.42 Å². The maximum Gasteiger partial charge on any atom is 0.261 e. The summed E-state index contributed by atoms with van der Waals surface area (Å²) in [6.07, 6.45) is 3.14. The Bertz CT molecular complexity index is 941. The van der Waals surface area contributed by atoms with Crippen LogP contribution in [-0.4, -0.2) is 33.3 Å². The summed E-state index contributed by atoms with van der Waals surface area (Å²) in [5.41, 5.74) is 1.77. The third-order valence-corrected chi connectivity index (χ3v) is 5.59. The van der Waals surface area contributed by atoms with Crippen molar-refractivity contribution in [2.24, 2.45) is 0 Å². The van der Waals surface area contributed by atoms with Crippen LogP contribution in [0.3, 0.4) is 0 Å². The highest BCUT2D eigenvalue weighted by atomic mass is 32.2. The third-order valence-electron chi connectivity index (χ3n) is 4.22. The van der Waals surface area contributed by atoms with Crippen LogP contribution in [0.5, 0.6) is 0 Å². The Hall–Kier alpha value is -2.87. The summed E-state index contributed by atoms with van der Waals surface area (Å²) >= 11 is 0. The number of nitrogens with one attached hydrogen (secondary N) is 3. The van der Waals surface area contributed by atoms with Gasteiger partial charge in [-0.3, -0.25) is 14.3 Å². The number of carbonyl (C=O) groups is 2. The Balaban J connectivity index is 2.07. The molecule has 3 N–H and O–H groups in total. The highest BCUT2D eigenvalue weighted by Gasteiger charge is 2.17. The molecular weight excluding hydrogens is 390 g/mol. The number of benzene rings is 2. The van der Waals surface area contributed by atoms with Gasteiger partial charge in [-0.15, -0.1) is 0 Å².